The first-order chi connectivity index (χ1) is 10.1. The van der Waals surface area contributed by atoms with E-state index in [1.807, 2.05) is 0 Å². The first-order valence-corrected chi connectivity index (χ1v) is 6.21. The van der Waals surface area contributed by atoms with E-state index in [-0.39, 0.29) is 24.1 Å². The van der Waals surface area contributed by atoms with Gasteiger partial charge >= 0.3 is 13.1 Å². The van der Waals surface area contributed by atoms with Gasteiger partial charge in [-0.25, -0.2) is 9.37 Å². The molecule has 0 atom stereocenters. The molecule has 0 fully saturated rings. The average Bonchev–Trinajstić information content (AvgIpc) is 2.86. The van der Waals surface area contributed by atoms with Gasteiger partial charge in [-0.1, -0.05) is 6.07 Å². The monoisotopic (exact) mass is 290 g/mol. The maximum Gasteiger partial charge on any atom is 0.491 e. The molecule has 0 aliphatic carbocycles. The minimum Gasteiger partial charge on any atom is -0.480 e. The molecule has 108 valence electrons. The van der Waals surface area contributed by atoms with Crippen molar-refractivity contribution in [3.05, 3.63) is 29.7 Å². The second kappa shape index (κ2) is 5.30. The Morgan fingerprint density at radius 2 is 2.10 bits per heavy atom. The van der Waals surface area contributed by atoms with Crippen LogP contribution in [0, 0.1) is 5.82 Å². The highest BCUT2D eigenvalue weighted by Gasteiger charge is 2.29. The number of hydrogen-bond acceptors (Lipinski definition) is 6. The standard InChI is InChI=1S/C13H12BFN2O4/c1-19-12-9(5-16-13(17-12)20-2)8-4-10-7(3-11(8)15)6-21-14(10)18/h3-5,18H,6H2,1-2H3. The number of rotatable bonds is 3. The number of halogens is 1. The van der Waals surface area contributed by atoms with Crippen LogP contribution >= 0.6 is 0 Å². The van der Waals surface area contributed by atoms with Crippen LogP contribution in [0.3, 0.4) is 0 Å². The van der Waals surface area contributed by atoms with Crippen LogP contribution in [0.15, 0.2) is 18.3 Å². The summed E-state index contributed by atoms with van der Waals surface area (Å²) >= 11 is 0. The molecule has 0 saturated carbocycles. The Kier molecular flexibility index (Phi) is 3.48. The van der Waals surface area contributed by atoms with E-state index >= 15 is 0 Å². The molecule has 1 aliphatic heterocycles. The third kappa shape index (κ3) is 2.32. The summed E-state index contributed by atoms with van der Waals surface area (Å²) < 4.78 is 29.4. The first-order valence-electron chi connectivity index (χ1n) is 6.21. The summed E-state index contributed by atoms with van der Waals surface area (Å²) in [5.74, 6) is -0.271. The smallest absolute Gasteiger partial charge is 0.480 e. The lowest BCUT2D eigenvalue weighted by Gasteiger charge is -2.10. The van der Waals surface area contributed by atoms with Crippen LogP contribution in [0.25, 0.3) is 11.1 Å². The Morgan fingerprint density at radius 3 is 2.81 bits per heavy atom. The van der Waals surface area contributed by atoms with Crippen LogP contribution in [0.4, 0.5) is 4.39 Å². The number of nitrogens with zero attached hydrogens (tertiary/aromatic N) is 2. The molecule has 0 amide bonds. The third-order valence-corrected chi connectivity index (χ3v) is 3.29. The van der Waals surface area contributed by atoms with Crippen molar-refractivity contribution in [1.29, 1.82) is 0 Å². The summed E-state index contributed by atoms with van der Waals surface area (Å²) in [6, 6.07) is 2.99. The zero-order valence-electron chi connectivity index (χ0n) is 11.5. The molecule has 1 aromatic carbocycles. The minimum atomic E-state index is -1.05. The van der Waals surface area contributed by atoms with E-state index < -0.39 is 12.9 Å². The highest BCUT2D eigenvalue weighted by Crippen LogP contribution is 2.31. The topological polar surface area (TPSA) is 73.7 Å². The lowest BCUT2D eigenvalue weighted by molar-refractivity contribution is 0.275. The quantitative estimate of drug-likeness (QED) is 0.831. The van der Waals surface area contributed by atoms with Gasteiger partial charge in [-0.05, 0) is 17.1 Å². The van der Waals surface area contributed by atoms with Crippen LogP contribution in [0.2, 0.25) is 0 Å². The largest absolute Gasteiger partial charge is 0.491 e. The van der Waals surface area contributed by atoms with Gasteiger partial charge < -0.3 is 19.2 Å². The van der Waals surface area contributed by atoms with Crippen molar-refractivity contribution >= 4 is 12.6 Å². The lowest BCUT2D eigenvalue weighted by Crippen LogP contribution is -2.28. The number of ether oxygens (including phenoxy) is 2. The summed E-state index contributed by atoms with van der Waals surface area (Å²) in [7, 11) is 1.80. The van der Waals surface area contributed by atoms with Crippen LogP contribution in [0.5, 0.6) is 11.9 Å². The summed E-state index contributed by atoms with van der Waals surface area (Å²) in [5, 5.41) is 9.73. The van der Waals surface area contributed by atoms with E-state index in [0.717, 1.165) is 0 Å². The molecule has 21 heavy (non-hydrogen) atoms. The minimum absolute atomic E-state index is 0.125. The average molecular weight is 290 g/mol. The Morgan fingerprint density at radius 1 is 1.29 bits per heavy atom. The Bertz CT molecular complexity index is 698. The maximum absolute atomic E-state index is 14.3. The fourth-order valence-corrected chi connectivity index (χ4v) is 2.24. The second-order valence-corrected chi connectivity index (χ2v) is 4.47. The van der Waals surface area contributed by atoms with Gasteiger partial charge in [0.25, 0.3) is 0 Å². The molecule has 2 aromatic rings. The number of benzene rings is 1. The van der Waals surface area contributed by atoms with E-state index in [9.17, 15) is 9.41 Å². The van der Waals surface area contributed by atoms with Gasteiger partial charge in [0.1, 0.15) is 5.82 Å². The highest BCUT2D eigenvalue weighted by molar-refractivity contribution is 6.61. The predicted molar refractivity (Wildman–Crippen MR) is 72.9 cm³/mol. The predicted octanol–water partition coefficient (Wildman–Crippen LogP) is 0.518. The van der Waals surface area contributed by atoms with Gasteiger partial charge in [-0.15, -0.1) is 0 Å². The molecule has 1 N–H and O–H groups in total. The zero-order valence-corrected chi connectivity index (χ0v) is 11.5. The van der Waals surface area contributed by atoms with Gasteiger partial charge in [0.05, 0.1) is 26.4 Å². The first kappa shape index (κ1) is 13.8. The molecular weight excluding hydrogens is 278 g/mol. The Labute approximate surface area is 120 Å². The molecule has 8 heteroatoms. The summed E-state index contributed by atoms with van der Waals surface area (Å²) in [6.45, 7) is 0.184. The van der Waals surface area contributed by atoms with Crippen molar-refractivity contribution in [3.8, 4) is 23.0 Å². The fraction of sp³-hybridized carbons (Fsp3) is 0.231. The van der Waals surface area contributed by atoms with Crippen LogP contribution in [0.1, 0.15) is 5.56 Å². The number of fused-ring (bicyclic) bond motifs is 1. The van der Waals surface area contributed by atoms with E-state index in [1.54, 1.807) is 0 Å². The highest BCUT2D eigenvalue weighted by atomic mass is 19.1. The lowest BCUT2D eigenvalue weighted by atomic mass is 9.78. The fourth-order valence-electron chi connectivity index (χ4n) is 2.24. The van der Waals surface area contributed by atoms with Gasteiger partial charge in [-0.3, -0.25) is 0 Å². The van der Waals surface area contributed by atoms with Crippen molar-refractivity contribution < 1.29 is 23.5 Å². The molecule has 1 aliphatic rings. The van der Waals surface area contributed by atoms with Gasteiger partial charge in [0, 0.05) is 11.8 Å². The van der Waals surface area contributed by atoms with Crippen LogP contribution in [-0.2, 0) is 11.3 Å². The SMILES string of the molecule is COc1ncc(-c2cc3c(cc2F)COB3O)c(OC)n1. The normalized spacial score (nSPS) is 13.2. The molecule has 6 nitrogen and oxygen atoms in total. The molecule has 2 heterocycles. The van der Waals surface area contributed by atoms with Crippen molar-refractivity contribution in [3.63, 3.8) is 0 Å². The third-order valence-electron chi connectivity index (χ3n) is 3.29. The van der Waals surface area contributed by atoms with Crippen molar-refractivity contribution in [2.24, 2.45) is 0 Å². The van der Waals surface area contributed by atoms with Crippen LogP contribution < -0.4 is 14.9 Å². The van der Waals surface area contributed by atoms with Gasteiger partial charge in [0.2, 0.25) is 5.88 Å². The second-order valence-electron chi connectivity index (χ2n) is 4.47. The van der Waals surface area contributed by atoms with E-state index in [0.29, 0.717) is 16.6 Å². The van der Waals surface area contributed by atoms with Crippen molar-refractivity contribution in [1.82, 2.24) is 9.97 Å². The van der Waals surface area contributed by atoms with Crippen molar-refractivity contribution in [2.45, 2.75) is 6.61 Å². The number of aromatic nitrogens is 2. The molecule has 0 saturated heterocycles. The summed E-state index contributed by atoms with van der Waals surface area (Å²) in [4.78, 5) is 7.99. The van der Waals surface area contributed by atoms with Crippen molar-refractivity contribution in [2.75, 3.05) is 14.2 Å². The van der Waals surface area contributed by atoms with E-state index in [1.165, 1.54) is 32.5 Å². The Balaban J connectivity index is 2.15. The Hall–Kier alpha value is -2.19. The summed E-state index contributed by atoms with van der Waals surface area (Å²) in [5.41, 5.74) is 1.76. The number of hydrogen-bond donors (Lipinski definition) is 1. The molecule has 0 bridgehead atoms. The van der Waals surface area contributed by atoms with E-state index in [2.05, 4.69) is 9.97 Å². The van der Waals surface area contributed by atoms with Crippen LogP contribution in [-0.4, -0.2) is 36.3 Å². The molecule has 0 spiro atoms. The summed E-state index contributed by atoms with van der Waals surface area (Å²) in [6.07, 6.45) is 1.41. The van der Waals surface area contributed by atoms with Gasteiger partial charge in [-0.2, -0.15) is 4.98 Å². The van der Waals surface area contributed by atoms with E-state index in [4.69, 9.17) is 14.1 Å². The maximum atomic E-state index is 14.3. The van der Waals surface area contributed by atoms with Gasteiger partial charge in [0.15, 0.2) is 0 Å². The molecule has 0 radical (unpaired) electrons. The molecule has 3 rings (SSSR count). The molecular formula is C13H12BFN2O4. The molecule has 1 aromatic heterocycles. The molecule has 0 unspecified atom stereocenters. The number of methoxy groups -OCH3 is 2. The zero-order chi connectivity index (χ0) is 15.0.